The summed E-state index contributed by atoms with van der Waals surface area (Å²) in [6, 6.07) is 7.84. The number of carbonyl (C=O) groups is 1. The fourth-order valence-electron chi connectivity index (χ4n) is 1.90. The van der Waals surface area contributed by atoms with Crippen LogP contribution in [-0.2, 0) is 11.3 Å². The maximum atomic E-state index is 12.0. The normalized spacial score (nSPS) is 10.7. The molecule has 1 aromatic carbocycles. The Bertz CT molecular complexity index is 389. The first kappa shape index (κ1) is 15.5. The molecule has 0 aliphatic carbocycles. The van der Waals surface area contributed by atoms with Gasteiger partial charge in [0.05, 0.1) is 6.54 Å². The summed E-state index contributed by atoms with van der Waals surface area (Å²) in [5.74, 6) is 0.173. The van der Waals surface area contributed by atoms with Crippen LogP contribution in [0.1, 0.15) is 25.8 Å². The highest BCUT2D eigenvalue weighted by molar-refractivity contribution is 5.77. The summed E-state index contributed by atoms with van der Waals surface area (Å²) in [4.78, 5) is 15.9. The Labute approximate surface area is 116 Å². The van der Waals surface area contributed by atoms with Crippen molar-refractivity contribution in [3.05, 3.63) is 29.8 Å². The summed E-state index contributed by atoms with van der Waals surface area (Å²) in [6.45, 7) is 7.06. The molecule has 4 nitrogen and oxygen atoms in total. The van der Waals surface area contributed by atoms with Gasteiger partial charge in [0.1, 0.15) is 0 Å². The number of amides is 1. The summed E-state index contributed by atoms with van der Waals surface area (Å²) >= 11 is 0. The number of hydrogen-bond donors (Lipinski definition) is 1. The lowest BCUT2D eigenvalue weighted by atomic mass is 10.2. The van der Waals surface area contributed by atoms with Gasteiger partial charge in [0.25, 0.3) is 0 Å². The Morgan fingerprint density at radius 3 is 2.37 bits per heavy atom. The number of likely N-dealkylation sites (N-methyl/N-ethyl adjacent to an activating group) is 1. The average molecular weight is 263 g/mol. The second kappa shape index (κ2) is 7.79. The Kier molecular flexibility index (Phi) is 6.36. The van der Waals surface area contributed by atoms with Crippen LogP contribution in [-0.4, -0.2) is 42.4 Å². The molecule has 0 heterocycles. The maximum Gasteiger partial charge on any atom is 0.236 e. The van der Waals surface area contributed by atoms with E-state index in [4.69, 9.17) is 5.73 Å². The summed E-state index contributed by atoms with van der Waals surface area (Å²) in [7, 11) is 1.84. The molecule has 0 saturated heterocycles. The van der Waals surface area contributed by atoms with Crippen molar-refractivity contribution < 1.29 is 4.79 Å². The molecule has 2 N–H and O–H groups in total. The Morgan fingerprint density at radius 1 is 1.21 bits per heavy atom. The van der Waals surface area contributed by atoms with Crippen LogP contribution in [0.5, 0.6) is 0 Å². The average Bonchev–Trinajstić information content (AvgIpc) is 2.40. The van der Waals surface area contributed by atoms with Crippen molar-refractivity contribution in [2.75, 3.05) is 32.4 Å². The third-order valence-electron chi connectivity index (χ3n) is 3.18. The number of nitrogens with zero attached hydrogens (tertiary/aromatic N) is 2. The predicted molar refractivity (Wildman–Crippen MR) is 79.7 cm³/mol. The van der Waals surface area contributed by atoms with Crippen LogP contribution in [0.25, 0.3) is 0 Å². The molecule has 1 amide bonds. The third-order valence-corrected chi connectivity index (χ3v) is 3.18. The van der Waals surface area contributed by atoms with Crippen LogP contribution in [0.2, 0.25) is 0 Å². The molecular formula is C15H25N3O. The van der Waals surface area contributed by atoms with Gasteiger partial charge in [0, 0.05) is 25.8 Å². The summed E-state index contributed by atoms with van der Waals surface area (Å²) in [6.07, 6.45) is 1.04. The molecule has 106 valence electrons. The van der Waals surface area contributed by atoms with Gasteiger partial charge in [-0.2, -0.15) is 0 Å². The molecule has 19 heavy (non-hydrogen) atoms. The van der Waals surface area contributed by atoms with Crippen molar-refractivity contribution >= 4 is 11.6 Å². The third kappa shape index (κ3) is 5.30. The Morgan fingerprint density at radius 2 is 1.84 bits per heavy atom. The van der Waals surface area contributed by atoms with Crippen molar-refractivity contribution in [3.8, 4) is 0 Å². The smallest absolute Gasteiger partial charge is 0.236 e. The minimum absolute atomic E-state index is 0.173. The van der Waals surface area contributed by atoms with Crippen LogP contribution < -0.4 is 5.73 Å². The lowest BCUT2D eigenvalue weighted by molar-refractivity contribution is -0.131. The number of nitrogen functional groups attached to an aromatic ring is 1. The molecule has 1 aromatic rings. The zero-order valence-corrected chi connectivity index (χ0v) is 12.2. The number of benzene rings is 1. The molecule has 0 aromatic heterocycles. The second-order valence-corrected chi connectivity index (χ2v) is 4.86. The zero-order chi connectivity index (χ0) is 14.3. The van der Waals surface area contributed by atoms with Crippen LogP contribution in [0, 0.1) is 0 Å². The fourth-order valence-corrected chi connectivity index (χ4v) is 1.90. The molecule has 0 saturated carbocycles. The van der Waals surface area contributed by atoms with Gasteiger partial charge in [-0.05, 0) is 37.6 Å². The van der Waals surface area contributed by atoms with Gasteiger partial charge in [0.2, 0.25) is 5.91 Å². The summed E-state index contributed by atoms with van der Waals surface area (Å²) in [5.41, 5.74) is 7.64. The minimum atomic E-state index is 0.173. The van der Waals surface area contributed by atoms with Crippen LogP contribution in [0.15, 0.2) is 24.3 Å². The second-order valence-electron chi connectivity index (χ2n) is 4.86. The van der Waals surface area contributed by atoms with Gasteiger partial charge in [0.15, 0.2) is 0 Å². The summed E-state index contributed by atoms with van der Waals surface area (Å²) < 4.78 is 0. The van der Waals surface area contributed by atoms with Gasteiger partial charge < -0.3 is 10.6 Å². The highest BCUT2D eigenvalue weighted by atomic mass is 16.2. The van der Waals surface area contributed by atoms with Crippen LogP contribution >= 0.6 is 0 Å². The lowest BCUT2D eigenvalue weighted by Gasteiger charge is -2.24. The van der Waals surface area contributed by atoms with E-state index in [2.05, 4.69) is 11.8 Å². The van der Waals surface area contributed by atoms with Gasteiger partial charge in [-0.15, -0.1) is 0 Å². The predicted octanol–water partition coefficient (Wildman–Crippen LogP) is 1.96. The topological polar surface area (TPSA) is 49.6 Å². The number of anilines is 1. The monoisotopic (exact) mass is 263 g/mol. The molecule has 4 heteroatoms. The van der Waals surface area contributed by atoms with E-state index >= 15 is 0 Å². The molecule has 0 aliphatic heterocycles. The van der Waals surface area contributed by atoms with Gasteiger partial charge in [-0.3, -0.25) is 9.69 Å². The van der Waals surface area contributed by atoms with Crippen LogP contribution in [0.4, 0.5) is 5.69 Å². The van der Waals surface area contributed by atoms with Gasteiger partial charge in [-0.25, -0.2) is 0 Å². The van der Waals surface area contributed by atoms with E-state index in [0.29, 0.717) is 6.54 Å². The van der Waals surface area contributed by atoms with Gasteiger partial charge in [-0.1, -0.05) is 19.1 Å². The van der Waals surface area contributed by atoms with Crippen LogP contribution in [0.3, 0.4) is 0 Å². The van der Waals surface area contributed by atoms with E-state index in [-0.39, 0.29) is 5.91 Å². The van der Waals surface area contributed by atoms with Crippen molar-refractivity contribution in [3.63, 3.8) is 0 Å². The molecule has 0 radical (unpaired) electrons. The molecule has 0 unspecified atom stereocenters. The quantitative estimate of drug-likeness (QED) is 0.765. The van der Waals surface area contributed by atoms with E-state index < -0.39 is 0 Å². The summed E-state index contributed by atoms with van der Waals surface area (Å²) in [5, 5.41) is 0. The molecular weight excluding hydrogens is 238 g/mol. The van der Waals surface area contributed by atoms with Crippen molar-refractivity contribution in [2.24, 2.45) is 0 Å². The minimum Gasteiger partial charge on any atom is -0.399 e. The number of nitrogens with two attached hydrogens (primary N) is 1. The first-order valence-electron chi connectivity index (χ1n) is 6.87. The van der Waals surface area contributed by atoms with E-state index in [1.54, 1.807) is 4.90 Å². The molecule has 0 atom stereocenters. The SMILES string of the molecule is CCCN(CC(=O)N(C)CC)Cc1ccc(N)cc1. The fraction of sp³-hybridized carbons (Fsp3) is 0.533. The molecule has 0 aliphatic rings. The van der Waals surface area contributed by atoms with Crippen molar-refractivity contribution in [2.45, 2.75) is 26.8 Å². The molecule has 0 spiro atoms. The van der Waals surface area contributed by atoms with Crippen molar-refractivity contribution in [1.29, 1.82) is 0 Å². The number of rotatable bonds is 7. The first-order chi connectivity index (χ1) is 9.06. The Balaban J connectivity index is 2.62. The first-order valence-corrected chi connectivity index (χ1v) is 6.87. The maximum absolute atomic E-state index is 12.0. The van der Waals surface area contributed by atoms with Gasteiger partial charge >= 0.3 is 0 Å². The van der Waals surface area contributed by atoms with E-state index in [9.17, 15) is 4.79 Å². The lowest BCUT2D eigenvalue weighted by Crippen LogP contribution is -2.38. The Hall–Kier alpha value is -1.55. The number of hydrogen-bond acceptors (Lipinski definition) is 3. The highest BCUT2D eigenvalue weighted by Crippen LogP contribution is 2.09. The van der Waals surface area contributed by atoms with E-state index in [1.165, 1.54) is 5.56 Å². The molecule has 0 bridgehead atoms. The zero-order valence-electron chi connectivity index (χ0n) is 12.2. The standard InChI is InChI=1S/C15H25N3O/c1-4-10-18(12-15(19)17(3)5-2)11-13-6-8-14(16)9-7-13/h6-9H,4-5,10-12,16H2,1-3H3. The van der Waals surface area contributed by atoms with Crippen molar-refractivity contribution in [1.82, 2.24) is 9.80 Å². The van der Waals surface area contributed by atoms with E-state index in [0.717, 1.165) is 31.7 Å². The molecule has 1 rings (SSSR count). The number of carbonyl (C=O) groups excluding carboxylic acids is 1. The van der Waals surface area contributed by atoms with E-state index in [1.807, 2.05) is 38.2 Å². The highest BCUT2D eigenvalue weighted by Gasteiger charge is 2.13. The molecule has 0 fully saturated rings. The largest absolute Gasteiger partial charge is 0.399 e.